The van der Waals surface area contributed by atoms with Crippen molar-refractivity contribution in [3.8, 4) is 0 Å². The molecule has 0 saturated heterocycles. The molecule has 5 nitrogen and oxygen atoms in total. The lowest BCUT2D eigenvalue weighted by molar-refractivity contribution is -0.116. The van der Waals surface area contributed by atoms with E-state index in [0.29, 0.717) is 11.5 Å². The van der Waals surface area contributed by atoms with Crippen molar-refractivity contribution in [2.45, 2.75) is 82.3 Å². The standard InChI is InChI=1S/C25H33NO4S/c1-24(2,17-9-10-17)22-11-8-16-6-5-7-20(16)21(22)13-19(27)15-31(26,29)23-12-18(14-30-23)25(3,4)28/h8,11-12,14,17,26,28H,5-7,9-10,13,15H2,1-4H3. The number of carbonyl (C=O) groups is 1. The van der Waals surface area contributed by atoms with Crippen LogP contribution in [-0.2, 0) is 44.8 Å². The molecule has 0 radical (unpaired) electrons. The van der Waals surface area contributed by atoms with Crippen molar-refractivity contribution >= 4 is 15.5 Å². The molecule has 0 aliphatic heterocycles. The number of carbonyl (C=O) groups excluding carboxylic acids is 1. The highest BCUT2D eigenvalue weighted by molar-refractivity contribution is 7.93. The van der Waals surface area contributed by atoms with Crippen LogP contribution >= 0.6 is 0 Å². The molecule has 1 fully saturated rings. The maximum absolute atomic E-state index is 13.1. The summed E-state index contributed by atoms with van der Waals surface area (Å²) in [4.78, 5) is 13.1. The summed E-state index contributed by atoms with van der Waals surface area (Å²) in [5.41, 5.74) is 4.26. The van der Waals surface area contributed by atoms with Gasteiger partial charge in [-0.1, -0.05) is 26.0 Å². The van der Waals surface area contributed by atoms with E-state index in [1.807, 2.05) is 0 Å². The molecule has 1 saturated carbocycles. The van der Waals surface area contributed by atoms with Crippen LogP contribution in [0.2, 0.25) is 0 Å². The fraction of sp³-hybridized carbons (Fsp3) is 0.560. The smallest absolute Gasteiger partial charge is 0.199 e. The van der Waals surface area contributed by atoms with Crippen molar-refractivity contribution in [1.82, 2.24) is 0 Å². The number of aryl methyl sites for hydroxylation is 1. The number of nitrogens with one attached hydrogen (secondary N) is 1. The molecule has 2 aliphatic carbocycles. The number of aliphatic hydroxyl groups is 1. The van der Waals surface area contributed by atoms with Crippen LogP contribution in [0.5, 0.6) is 0 Å². The summed E-state index contributed by atoms with van der Waals surface area (Å²) >= 11 is 0. The molecular weight excluding hydrogens is 410 g/mol. The molecule has 1 aromatic heterocycles. The number of hydrogen-bond donors (Lipinski definition) is 2. The van der Waals surface area contributed by atoms with Gasteiger partial charge in [0.25, 0.3) is 0 Å². The average molecular weight is 444 g/mol. The molecule has 6 heteroatoms. The van der Waals surface area contributed by atoms with Gasteiger partial charge in [0.2, 0.25) is 0 Å². The van der Waals surface area contributed by atoms with Gasteiger partial charge < -0.3 is 9.52 Å². The van der Waals surface area contributed by atoms with Crippen LogP contribution in [0.15, 0.2) is 34.0 Å². The van der Waals surface area contributed by atoms with Crippen molar-refractivity contribution in [1.29, 1.82) is 4.78 Å². The van der Waals surface area contributed by atoms with Gasteiger partial charge in [-0.15, -0.1) is 0 Å². The van der Waals surface area contributed by atoms with E-state index < -0.39 is 15.3 Å². The third-order valence-corrected chi connectivity index (χ3v) is 8.63. The van der Waals surface area contributed by atoms with E-state index >= 15 is 0 Å². The first-order valence-corrected chi connectivity index (χ1v) is 12.9. The monoisotopic (exact) mass is 443 g/mol. The summed E-state index contributed by atoms with van der Waals surface area (Å²) in [7, 11) is -3.41. The predicted molar refractivity (Wildman–Crippen MR) is 121 cm³/mol. The second-order valence-corrected chi connectivity index (χ2v) is 12.4. The largest absolute Gasteiger partial charge is 0.454 e. The Morgan fingerprint density at radius 2 is 1.94 bits per heavy atom. The summed E-state index contributed by atoms with van der Waals surface area (Å²) in [5, 5.41) is 10.1. The Bertz CT molecular complexity index is 1110. The number of furan rings is 1. The highest BCUT2D eigenvalue weighted by Crippen LogP contribution is 2.49. The van der Waals surface area contributed by atoms with Crippen molar-refractivity contribution in [2.75, 3.05) is 5.75 Å². The maximum atomic E-state index is 13.1. The van der Waals surface area contributed by atoms with Gasteiger partial charge in [-0.25, -0.2) is 8.99 Å². The molecule has 0 bridgehead atoms. The van der Waals surface area contributed by atoms with Gasteiger partial charge in [0.15, 0.2) is 10.9 Å². The Balaban J connectivity index is 1.60. The number of Topliss-reactive ketones (excluding diaryl/α,β-unsaturated/α-hetero) is 1. The van der Waals surface area contributed by atoms with E-state index in [1.54, 1.807) is 13.8 Å². The van der Waals surface area contributed by atoms with Gasteiger partial charge in [0.1, 0.15) is 9.73 Å². The molecular formula is C25H33NO4S. The number of hydrogen-bond acceptors (Lipinski definition) is 5. The van der Waals surface area contributed by atoms with Crippen molar-refractivity contribution < 1.29 is 18.5 Å². The van der Waals surface area contributed by atoms with Gasteiger partial charge in [-0.3, -0.25) is 4.79 Å². The maximum Gasteiger partial charge on any atom is 0.199 e. The number of fused-ring (bicyclic) bond motifs is 1. The molecule has 1 aromatic carbocycles. The highest BCUT2D eigenvalue weighted by atomic mass is 32.2. The molecule has 2 aromatic rings. The van der Waals surface area contributed by atoms with Gasteiger partial charge in [0, 0.05) is 18.1 Å². The minimum atomic E-state index is -3.41. The Labute approximate surface area is 185 Å². The van der Waals surface area contributed by atoms with Gasteiger partial charge >= 0.3 is 0 Å². The van der Waals surface area contributed by atoms with E-state index in [-0.39, 0.29) is 28.5 Å². The van der Waals surface area contributed by atoms with E-state index in [4.69, 9.17) is 9.20 Å². The molecule has 4 rings (SSSR count). The molecule has 2 aliphatic rings. The quantitative estimate of drug-likeness (QED) is 0.607. The lowest BCUT2D eigenvalue weighted by Crippen LogP contribution is -2.25. The van der Waals surface area contributed by atoms with Crippen LogP contribution in [-0.4, -0.2) is 20.9 Å². The van der Waals surface area contributed by atoms with Crippen LogP contribution in [0, 0.1) is 10.7 Å². The second-order valence-electron chi connectivity index (χ2n) is 10.3. The first kappa shape index (κ1) is 22.3. The van der Waals surface area contributed by atoms with Gasteiger partial charge in [0.05, 0.1) is 17.6 Å². The van der Waals surface area contributed by atoms with E-state index in [0.717, 1.165) is 24.8 Å². The number of benzene rings is 1. The first-order valence-electron chi connectivity index (χ1n) is 11.1. The molecule has 0 spiro atoms. The summed E-state index contributed by atoms with van der Waals surface area (Å²) < 4.78 is 26.7. The molecule has 1 atom stereocenters. The normalized spacial score (nSPS) is 18.6. The number of ketones is 1. The molecule has 2 N–H and O–H groups in total. The minimum absolute atomic E-state index is 0.0121. The molecule has 31 heavy (non-hydrogen) atoms. The first-order chi connectivity index (χ1) is 14.4. The third-order valence-electron chi connectivity index (χ3n) is 7.04. The Kier molecular flexibility index (Phi) is 5.46. The van der Waals surface area contributed by atoms with Crippen molar-refractivity contribution in [3.63, 3.8) is 0 Å². The van der Waals surface area contributed by atoms with Crippen molar-refractivity contribution in [3.05, 3.63) is 52.3 Å². The van der Waals surface area contributed by atoms with E-state index in [9.17, 15) is 14.1 Å². The van der Waals surface area contributed by atoms with Crippen LogP contribution in [0.25, 0.3) is 0 Å². The Morgan fingerprint density at radius 3 is 2.55 bits per heavy atom. The fourth-order valence-corrected chi connectivity index (χ4v) is 6.15. The van der Waals surface area contributed by atoms with E-state index in [2.05, 4.69) is 26.0 Å². The highest BCUT2D eigenvalue weighted by Gasteiger charge is 2.41. The van der Waals surface area contributed by atoms with Gasteiger partial charge in [-0.2, -0.15) is 0 Å². The minimum Gasteiger partial charge on any atom is -0.454 e. The second kappa shape index (κ2) is 7.59. The van der Waals surface area contributed by atoms with Crippen LogP contribution in [0.3, 0.4) is 0 Å². The van der Waals surface area contributed by atoms with E-state index in [1.165, 1.54) is 41.9 Å². The average Bonchev–Trinajstić information content (AvgIpc) is 3.19. The lowest BCUT2D eigenvalue weighted by atomic mass is 9.75. The zero-order valence-corrected chi connectivity index (χ0v) is 19.7. The van der Waals surface area contributed by atoms with Gasteiger partial charge in [-0.05, 0) is 79.5 Å². The fourth-order valence-electron chi connectivity index (χ4n) is 4.93. The summed E-state index contributed by atoms with van der Waals surface area (Å²) in [6, 6.07) is 5.86. The summed E-state index contributed by atoms with van der Waals surface area (Å²) in [5.74, 6) is 0.0672. The third kappa shape index (κ3) is 4.37. The Morgan fingerprint density at radius 1 is 1.23 bits per heavy atom. The van der Waals surface area contributed by atoms with Crippen LogP contribution < -0.4 is 0 Å². The lowest BCUT2D eigenvalue weighted by Gasteiger charge is -2.29. The molecule has 1 unspecified atom stereocenters. The SMILES string of the molecule is CC(C)(O)c1coc(S(=N)(=O)CC(=O)Cc2c(C(C)(C)C3CC3)ccc3c2CCC3)c1. The summed E-state index contributed by atoms with van der Waals surface area (Å²) in [6.45, 7) is 7.73. The zero-order valence-electron chi connectivity index (χ0n) is 18.9. The van der Waals surface area contributed by atoms with Crippen molar-refractivity contribution in [2.24, 2.45) is 5.92 Å². The Hall–Kier alpha value is -1.92. The van der Waals surface area contributed by atoms with Crippen LogP contribution in [0.1, 0.15) is 74.8 Å². The summed E-state index contributed by atoms with van der Waals surface area (Å²) in [6.07, 6.45) is 7.10. The molecule has 168 valence electrons. The molecule has 0 amide bonds. The topological polar surface area (TPSA) is 91.4 Å². The van der Waals surface area contributed by atoms with Crippen LogP contribution in [0.4, 0.5) is 0 Å². The number of rotatable bonds is 8. The molecule has 1 heterocycles. The zero-order chi connectivity index (χ0) is 22.6. The predicted octanol–water partition coefficient (Wildman–Crippen LogP) is 4.90.